The van der Waals surface area contributed by atoms with Gasteiger partial charge >= 0.3 is 6.03 Å². The van der Waals surface area contributed by atoms with Crippen LogP contribution in [0, 0.1) is 0 Å². The molecule has 1 saturated carbocycles. The minimum atomic E-state index is 0.205. The Balaban J connectivity index is 2.17. The molecule has 2 aliphatic rings. The summed E-state index contributed by atoms with van der Waals surface area (Å²) >= 11 is 0. The van der Waals surface area contributed by atoms with Crippen LogP contribution in [0.25, 0.3) is 0 Å². The van der Waals surface area contributed by atoms with Gasteiger partial charge in [0.2, 0.25) is 0 Å². The largest absolute Gasteiger partial charge is 0.323 e. The summed E-state index contributed by atoms with van der Waals surface area (Å²) in [6.45, 7) is 0. The molecule has 2 atom stereocenters. The van der Waals surface area contributed by atoms with Crippen LogP contribution in [-0.4, -0.2) is 42.0 Å². The minimum absolute atomic E-state index is 0.205. The molecule has 0 spiro atoms. The van der Waals surface area contributed by atoms with E-state index in [4.69, 9.17) is 0 Å². The van der Waals surface area contributed by atoms with Crippen LogP contribution in [0.1, 0.15) is 32.1 Å². The first-order valence-corrected chi connectivity index (χ1v) is 5.21. The third-order valence-corrected chi connectivity index (χ3v) is 3.54. The lowest BCUT2D eigenvalue weighted by Gasteiger charge is -2.22. The maximum absolute atomic E-state index is 11.6. The summed E-state index contributed by atoms with van der Waals surface area (Å²) in [7, 11) is 3.88. The van der Waals surface area contributed by atoms with Crippen LogP contribution < -0.4 is 0 Å². The molecule has 0 radical (unpaired) electrons. The van der Waals surface area contributed by atoms with Gasteiger partial charge < -0.3 is 9.80 Å². The van der Waals surface area contributed by atoms with E-state index in [1.807, 2.05) is 23.9 Å². The van der Waals surface area contributed by atoms with Gasteiger partial charge in [-0.05, 0) is 12.8 Å². The van der Waals surface area contributed by atoms with Gasteiger partial charge in [-0.2, -0.15) is 0 Å². The molecule has 0 aromatic rings. The number of hydrogen-bond donors (Lipinski definition) is 0. The van der Waals surface area contributed by atoms with E-state index in [0.29, 0.717) is 12.1 Å². The van der Waals surface area contributed by atoms with Gasteiger partial charge in [-0.1, -0.05) is 19.3 Å². The number of amides is 2. The van der Waals surface area contributed by atoms with E-state index in [1.165, 1.54) is 32.1 Å². The fraction of sp³-hybridized carbons (Fsp3) is 0.900. The van der Waals surface area contributed by atoms with Crippen molar-refractivity contribution < 1.29 is 4.79 Å². The van der Waals surface area contributed by atoms with Crippen molar-refractivity contribution in [2.75, 3.05) is 14.1 Å². The van der Waals surface area contributed by atoms with Gasteiger partial charge in [0.15, 0.2) is 0 Å². The van der Waals surface area contributed by atoms with Gasteiger partial charge in [0, 0.05) is 14.1 Å². The monoisotopic (exact) mass is 182 g/mol. The first-order valence-electron chi connectivity index (χ1n) is 5.21. The molecule has 1 aliphatic heterocycles. The average molecular weight is 182 g/mol. The molecule has 0 N–H and O–H groups in total. The normalized spacial score (nSPS) is 34.8. The van der Waals surface area contributed by atoms with Crippen LogP contribution in [0.2, 0.25) is 0 Å². The van der Waals surface area contributed by atoms with Crippen LogP contribution >= 0.6 is 0 Å². The molecule has 1 aliphatic carbocycles. The summed E-state index contributed by atoms with van der Waals surface area (Å²) < 4.78 is 0. The predicted octanol–water partition coefficient (Wildman–Crippen LogP) is 1.68. The smallest absolute Gasteiger partial charge is 0.320 e. The maximum Gasteiger partial charge on any atom is 0.320 e. The van der Waals surface area contributed by atoms with Crippen molar-refractivity contribution >= 4 is 6.03 Å². The molecule has 13 heavy (non-hydrogen) atoms. The summed E-state index contributed by atoms with van der Waals surface area (Å²) in [4.78, 5) is 15.5. The summed E-state index contributed by atoms with van der Waals surface area (Å²) in [6.07, 6.45) is 6.29. The Bertz CT molecular complexity index is 197. The number of carbonyl (C=O) groups is 1. The van der Waals surface area contributed by atoms with Crippen molar-refractivity contribution in [2.24, 2.45) is 0 Å². The highest BCUT2D eigenvalue weighted by molar-refractivity contribution is 5.77. The van der Waals surface area contributed by atoms with E-state index in [2.05, 4.69) is 0 Å². The van der Waals surface area contributed by atoms with Gasteiger partial charge in [0.05, 0.1) is 12.1 Å². The van der Waals surface area contributed by atoms with Crippen LogP contribution in [-0.2, 0) is 0 Å². The number of likely N-dealkylation sites (N-methyl/N-ethyl adjacent to an activating group) is 2. The molecular weight excluding hydrogens is 164 g/mol. The molecule has 1 saturated heterocycles. The highest BCUT2D eigenvalue weighted by Crippen LogP contribution is 2.30. The second-order valence-corrected chi connectivity index (χ2v) is 4.28. The predicted molar refractivity (Wildman–Crippen MR) is 51.6 cm³/mol. The standard InChI is InChI=1S/C10H18N2O/c1-11-8-6-4-3-5-7-9(8)12(2)10(11)13/h8-9H,3-7H2,1-2H3/t8-,9+. The second-order valence-electron chi connectivity index (χ2n) is 4.28. The Morgan fingerprint density at radius 1 is 1.00 bits per heavy atom. The summed E-state index contributed by atoms with van der Waals surface area (Å²) in [6, 6.07) is 1.18. The Kier molecular flexibility index (Phi) is 2.18. The zero-order valence-electron chi connectivity index (χ0n) is 8.49. The number of hydrogen-bond acceptors (Lipinski definition) is 1. The molecule has 3 heteroatoms. The first-order chi connectivity index (χ1) is 6.22. The summed E-state index contributed by atoms with van der Waals surface area (Å²) in [5.74, 6) is 0. The van der Waals surface area contributed by atoms with Gasteiger partial charge in [0.1, 0.15) is 0 Å². The van der Waals surface area contributed by atoms with Crippen LogP contribution in [0.4, 0.5) is 4.79 Å². The maximum atomic E-state index is 11.6. The lowest BCUT2D eigenvalue weighted by atomic mass is 10.0. The Hall–Kier alpha value is -0.730. The SMILES string of the molecule is CN1C(=O)N(C)[C@H]2CCCCC[C@H]21. The van der Waals surface area contributed by atoms with E-state index in [0.717, 1.165) is 0 Å². The van der Waals surface area contributed by atoms with Crippen molar-refractivity contribution in [1.29, 1.82) is 0 Å². The molecule has 2 amide bonds. The van der Waals surface area contributed by atoms with Crippen molar-refractivity contribution in [1.82, 2.24) is 9.80 Å². The Morgan fingerprint density at radius 3 is 1.92 bits per heavy atom. The van der Waals surface area contributed by atoms with Crippen LogP contribution in [0.15, 0.2) is 0 Å². The summed E-state index contributed by atoms with van der Waals surface area (Å²) in [5.41, 5.74) is 0. The quantitative estimate of drug-likeness (QED) is 0.559. The number of rotatable bonds is 0. The number of urea groups is 1. The topological polar surface area (TPSA) is 23.6 Å². The minimum Gasteiger partial charge on any atom is -0.323 e. The average Bonchev–Trinajstić information content (AvgIpc) is 2.40. The van der Waals surface area contributed by atoms with E-state index in [1.54, 1.807) is 0 Å². The van der Waals surface area contributed by atoms with Crippen LogP contribution in [0.5, 0.6) is 0 Å². The molecule has 0 aromatic carbocycles. The summed E-state index contributed by atoms with van der Waals surface area (Å²) in [5, 5.41) is 0. The highest BCUT2D eigenvalue weighted by Gasteiger charge is 2.41. The Labute approximate surface area is 79.7 Å². The molecule has 0 aromatic heterocycles. The number of carbonyl (C=O) groups excluding carboxylic acids is 1. The van der Waals surface area contributed by atoms with Gasteiger partial charge in [-0.25, -0.2) is 4.79 Å². The van der Waals surface area contributed by atoms with Crippen LogP contribution in [0.3, 0.4) is 0 Å². The van der Waals surface area contributed by atoms with Gasteiger partial charge in [-0.15, -0.1) is 0 Å². The third-order valence-electron chi connectivity index (χ3n) is 3.54. The number of fused-ring (bicyclic) bond motifs is 1. The second kappa shape index (κ2) is 3.20. The molecular formula is C10H18N2O. The fourth-order valence-electron chi connectivity index (χ4n) is 2.70. The van der Waals surface area contributed by atoms with E-state index < -0.39 is 0 Å². The first kappa shape index (κ1) is 8.85. The molecule has 74 valence electrons. The molecule has 2 rings (SSSR count). The molecule has 0 unspecified atom stereocenters. The third kappa shape index (κ3) is 1.30. The van der Waals surface area contributed by atoms with E-state index in [9.17, 15) is 4.79 Å². The van der Waals surface area contributed by atoms with Crippen molar-refractivity contribution in [3.63, 3.8) is 0 Å². The van der Waals surface area contributed by atoms with Gasteiger partial charge in [-0.3, -0.25) is 0 Å². The molecule has 2 fully saturated rings. The fourth-order valence-corrected chi connectivity index (χ4v) is 2.70. The lowest BCUT2D eigenvalue weighted by molar-refractivity contribution is 0.198. The zero-order chi connectivity index (χ0) is 9.42. The van der Waals surface area contributed by atoms with Crippen molar-refractivity contribution in [3.8, 4) is 0 Å². The van der Waals surface area contributed by atoms with Gasteiger partial charge in [0.25, 0.3) is 0 Å². The lowest BCUT2D eigenvalue weighted by Crippen LogP contribution is -2.33. The zero-order valence-corrected chi connectivity index (χ0v) is 8.49. The molecule has 1 heterocycles. The van der Waals surface area contributed by atoms with E-state index >= 15 is 0 Å². The van der Waals surface area contributed by atoms with E-state index in [-0.39, 0.29) is 6.03 Å². The number of nitrogens with zero attached hydrogens (tertiary/aromatic N) is 2. The van der Waals surface area contributed by atoms with Crippen molar-refractivity contribution in [2.45, 2.75) is 44.2 Å². The Morgan fingerprint density at radius 2 is 1.46 bits per heavy atom. The van der Waals surface area contributed by atoms with Crippen molar-refractivity contribution in [3.05, 3.63) is 0 Å². The molecule has 3 nitrogen and oxygen atoms in total. The molecule has 0 bridgehead atoms. The highest BCUT2D eigenvalue weighted by atomic mass is 16.2.